The lowest BCUT2D eigenvalue weighted by Crippen LogP contribution is -2.10. The number of aryl methyl sites for hydroxylation is 1. The second-order valence-electron chi connectivity index (χ2n) is 6.62. The number of carbonyl (C=O) groups excluding carboxylic acids is 1. The zero-order chi connectivity index (χ0) is 19.7. The number of carbonyl (C=O) groups is 1. The number of imidazole rings is 1. The monoisotopic (exact) mass is 369 g/mol. The molecular formula is C22H19N5O. The molecule has 0 aliphatic heterocycles. The number of fused-ring (bicyclic) bond motifs is 3. The Kier molecular flexibility index (Phi) is 4.42. The Morgan fingerprint density at radius 1 is 1.21 bits per heavy atom. The van der Waals surface area contributed by atoms with Gasteiger partial charge in [-0.2, -0.15) is 5.26 Å². The van der Waals surface area contributed by atoms with Crippen molar-refractivity contribution in [2.24, 2.45) is 5.73 Å². The van der Waals surface area contributed by atoms with Gasteiger partial charge in [0.2, 0.25) is 5.91 Å². The van der Waals surface area contributed by atoms with Crippen LogP contribution in [0.1, 0.15) is 34.8 Å². The van der Waals surface area contributed by atoms with Gasteiger partial charge in [0.05, 0.1) is 16.6 Å². The molecule has 6 nitrogen and oxygen atoms in total. The number of hydrogen-bond acceptors (Lipinski definition) is 4. The van der Waals surface area contributed by atoms with E-state index >= 15 is 0 Å². The quantitative estimate of drug-likeness (QED) is 0.552. The molecule has 28 heavy (non-hydrogen) atoms. The maximum absolute atomic E-state index is 11.3. The summed E-state index contributed by atoms with van der Waals surface area (Å²) in [5.41, 5.74) is 10.6. The van der Waals surface area contributed by atoms with Crippen LogP contribution >= 0.6 is 0 Å². The first-order valence-electron chi connectivity index (χ1n) is 9.12. The fourth-order valence-electron chi connectivity index (χ4n) is 3.43. The Morgan fingerprint density at radius 2 is 1.96 bits per heavy atom. The second kappa shape index (κ2) is 7.05. The molecule has 0 aliphatic rings. The van der Waals surface area contributed by atoms with E-state index in [9.17, 15) is 10.1 Å². The van der Waals surface area contributed by atoms with E-state index in [1.54, 1.807) is 12.1 Å². The van der Waals surface area contributed by atoms with E-state index in [2.05, 4.69) is 18.3 Å². The number of nitriles is 1. The van der Waals surface area contributed by atoms with Crippen LogP contribution in [0.25, 0.3) is 16.7 Å². The van der Waals surface area contributed by atoms with Crippen molar-refractivity contribution in [2.45, 2.75) is 19.8 Å². The van der Waals surface area contributed by atoms with Gasteiger partial charge in [-0.3, -0.25) is 9.20 Å². The lowest BCUT2D eigenvalue weighted by Gasteiger charge is -2.14. The van der Waals surface area contributed by atoms with Crippen LogP contribution in [-0.2, 0) is 6.42 Å². The van der Waals surface area contributed by atoms with Gasteiger partial charge in [-0.25, -0.2) is 4.98 Å². The average Bonchev–Trinajstić information content (AvgIpc) is 3.08. The molecule has 3 N–H and O–H groups in total. The molecule has 0 fully saturated rings. The molecule has 4 aromatic rings. The third-order valence-corrected chi connectivity index (χ3v) is 4.73. The van der Waals surface area contributed by atoms with E-state index in [1.165, 1.54) is 0 Å². The Bertz CT molecular complexity index is 1230. The van der Waals surface area contributed by atoms with Crippen LogP contribution in [0.4, 0.5) is 11.5 Å². The maximum Gasteiger partial charge on any atom is 0.248 e. The largest absolute Gasteiger partial charge is 0.366 e. The minimum atomic E-state index is -0.460. The molecule has 1 amide bonds. The molecule has 0 aliphatic carbocycles. The van der Waals surface area contributed by atoms with Crippen LogP contribution in [0, 0.1) is 11.3 Å². The van der Waals surface area contributed by atoms with E-state index in [4.69, 9.17) is 10.7 Å². The number of benzene rings is 2. The summed E-state index contributed by atoms with van der Waals surface area (Å²) in [6, 6.07) is 19.1. The first-order chi connectivity index (χ1) is 13.6. The summed E-state index contributed by atoms with van der Waals surface area (Å²) in [6.45, 7) is 2.09. The Hall–Kier alpha value is -3.85. The van der Waals surface area contributed by atoms with Crippen molar-refractivity contribution in [1.29, 1.82) is 5.26 Å². The predicted octanol–water partition coefficient (Wildman–Crippen LogP) is 4.15. The third kappa shape index (κ3) is 2.93. The number of primary amides is 1. The number of pyridine rings is 1. The second-order valence-corrected chi connectivity index (χ2v) is 6.62. The van der Waals surface area contributed by atoms with Crippen molar-refractivity contribution < 1.29 is 4.79 Å². The van der Waals surface area contributed by atoms with E-state index in [0.717, 1.165) is 40.9 Å². The topological polar surface area (TPSA) is 96.2 Å². The molecule has 0 radical (unpaired) electrons. The zero-order valence-electron chi connectivity index (χ0n) is 15.4. The van der Waals surface area contributed by atoms with Crippen LogP contribution in [0.5, 0.6) is 0 Å². The van der Waals surface area contributed by atoms with Crippen LogP contribution in [0.15, 0.2) is 54.6 Å². The summed E-state index contributed by atoms with van der Waals surface area (Å²) in [7, 11) is 0. The summed E-state index contributed by atoms with van der Waals surface area (Å²) >= 11 is 0. The molecule has 2 aromatic carbocycles. The average molecular weight is 369 g/mol. The van der Waals surface area contributed by atoms with E-state index in [0.29, 0.717) is 16.8 Å². The first kappa shape index (κ1) is 17.6. The molecule has 0 saturated carbocycles. The van der Waals surface area contributed by atoms with Gasteiger partial charge in [-0.05, 0) is 54.4 Å². The number of nitrogens with zero attached hydrogens (tertiary/aromatic N) is 3. The molecular weight excluding hydrogens is 350 g/mol. The first-order valence-corrected chi connectivity index (χ1v) is 9.12. The third-order valence-electron chi connectivity index (χ3n) is 4.73. The number of anilines is 2. The predicted molar refractivity (Wildman–Crippen MR) is 110 cm³/mol. The van der Waals surface area contributed by atoms with Crippen molar-refractivity contribution in [3.8, 4) is 6.07 Å². The smallest absolute Gasteiger partial charge is 0.248 e. The maximum atomic E-state index is 11.3. The van der Waals surface area contributed by atoms with Gasteiger partial charge in [0.15, 0.2) is 5.65 Å². The van der Waals surface area contributed by atoms with Gasteiger partial charge in [0, 0.05) is 11.3 Å². The number of para-hydroxylation sites is 2. The summed E-state index contributed by atoms with van der Waals surface area (Å²) < 4.78 is 1.97. The van der Waals surface area contributed by atoms with E-state index < -0.39 is 5.91 Å². The van der Waals surface area contributed by atoms with Crippen LogP contribution in [0.2, 0.25) is 0 Å². The van der Waals surface area contributed by atoms with Crippen LogP contribution in [-0.4, -0.2) is 15.3 Å². The number of hydrogen-bond donors (Lipinski definition) is 2. The number of nitrogens with one attached hydrogen (secondary N) is 1. The Labute approximate surface area is 162 Å². The van der Waals surface area contributed by atoms with Crippen LogP contribution < -0.4 is 11.1 Å². The fourth-order valence-corrected chi connectivity index (χ4v) is 3.43. The van der Waals surface area contributed by atoms with Crippen molar-refractivity contribution >= 4 is 34.1 Å². The highest BCUT2D eigenvalue weighted by Gasteiger charge is 2.16. The van der Waals surface area contributed by atoms with Crippen molar-refractivity contribution in [2.75, 3.05) is 5.32 Å². The van der Waals surface area contributed by atoms with Crippen molar-refractivity contribution in [3.63, 3.8) is 0 Å². The molecule has 2 heterocycles. The lowest BCUT2D eigenvalue weighted by atomic mass is 10.1. The highest BCUT2D eigenvalue weighted by Crippen LogP contribution is 2.29. The summed E-state index contributed by atoms with van der Waals surface area (Å²) in [5.74, 6) is 0.358. The van der Waals surface area contributed by atoms with Gasteiger partial charge in [0.1, 0.15) is 11.9 Å². The summed E-state index contributed by atoms with van der Waals surface area (Å²) in [5, 5.41) is 13.2. The summed E-state index contributed by atoms with van der Waals surface area (Å²) in [4.78, 5) is 16.0. The lowest BCUT2D eigenvalue weighted by molar-refractivity contribution is 0.100. The standard InChI is InChI=1S/C22H19N5O/c1-2-5-15-12-20(25-16-10-8-14(9-11-16)21(24)28)27-19-7-4-3-6-18(19)26-22(27)17(15)13-23/h3-4,6-12,25H,2,5H2,1H3,(H2,24,28). The minimum absolute atomic E-state index is 0.454. The zero-order valence-corrected chi connectivity index (χ0v) is 15.4. The normalized spacial score (nSPS) is 10.9. The molecule has 0 atom stereocenters. The Balaban J connectivity index is 1.93. The molecule has 0 unspecified atom stereocenters. The van der Waals surface area contributed by atoms with Crippen molar-refractivity contribution in [3.05, 3.63) is 71.3 Å². The van der Waals surface area contributed by atoms with E-state index in [1.807, 2.05) is 46.9 Å². The number of aromatic nitrogens is 2. The van der Waals surface area contributed by atoms with Gasteiger partial charge in [-0.15, -0.1) is 0 Å². The number of rotatable bonds is 5. The molecule has 0 saturated heterocycles. The summed E-state index contributed by atoms with van der Waals surface area (Å²) in [6.07, 6.45) is 1.72. The highest BCUT2D eigenvalue weighted by atomic mass is 16.1. The number of amides is 1. The minimum Gasteiger partial charge on any atom is -0.366 e. The molecule has 4 rings (SSSR count). The molecule has 0 spiro atoms. The SMILES string of the molecule is CCCc1cc(Nc2ccc(C(N)=O)cc2)n2c(nc3ccccc32)c1C#N. The van der Waals surface area contributed by atoms with Crippen LogP contribution in [0.3, 0.4) is 0 Å². The van der Waals surface area contributed by atoms with Gasteiger partial charge >= 0.3 is 0 Å². The highest BCUT2D eigenvalue weighted by molar-refractivity contribution is 5.93. The van der Waals surface area contributed by atoms with Gasteiger partial charge < -0.3 is 11.1 Å². The van der Waals surface area contributed by atoms with Gasteiger partial charge in [-0.1, -0.05) is 25.5 Å². The number of nitrogens with two attached hydrogens (primary N) is 1. The van der Waals surface area contributed by atoms with Gasteiger partial charge in [0.25, 0.3) is 0 Å². The van der Waals surface area contributed by atoms with Crippen molar-refractivity contribution in [1.82, 2.24) is 9.38 Å². The van der Waals surface area contributed by atoms with E-state index in [-0.39, 0.29) is 0 Å². The molecule has 6 heteroatoms. The molecule has 2 aromatic heterocycles. The molecule has 138 valence electrons. The Morgan fingerprint density at radius 3 is 2.64 bits per heavy atom. The molecule has 0 bridgehead atoms. The fraction of sp³-hybridized carbons (Fsp3) is 0.136.